The Kier molecular flexibility index (Phi) is 6.03. The normalized spacial score (nSPS) is 26.5. The molecule has 1 aromatic rings. The first-order chi connectivity index (χ1) is 10.6. The SMILES string of the molecule is Cc1nc(C2(NC(=O)[C@@H]3CCC[C@@H]3CN)CCCCC2)no1.Cl. The molecule has 0 aliphatic heterocycles. The van der Waals surface area contributed by atoms with Gasteiger partial charge in [-0.05, 0) is 38.1 Å². The molecular formula is C16H27ClN4O2. The second kappa shape index (κ2) is 7.62. The largest absolute Gasteiger partial charge is 0.343 e. The molecule has 2 aliphatic carbocycles. The third-order valence-electron chi connectivity index (χ3n) is 5.32. The first-order valence-electron chi connectivity index (χ1n) is 8.47. The number of carbonyl (C=O) groups is 1. The zero-order valence-electron chi connectivity index (χ0n) is 13.7. The molecule has 0 bridgehead atoms. The number of aromatic nitrogens is 2. The molecule has 23 heavy (non-hydrogen) atoms. The summed E-state index contributed by atoms with van der Waals surface area (Å²) in [5.41, 5.74) is 5.37. The number of nitrogens with one attached hydrogen (secondary N) is 1. The molecule has 1 heterocycles. The molecule has 0 aromatic carbocycles. The van der Waals surface area contributed by atoms with Crippen molar-refractivity contribution in [3.8, 4) is 0 Å². The van der Waals surface area contributed by atoms with Gasteiger partial charge in [-0.2, -0.15) is 4.98 Å². The molecule has 2 saturated carbocycles. The Bertz CT molecular complexity index is 528. The van der Waals surface area contributed by atoms with Gasteiger partial charge in [0.25, 0.3) is 0 Å². The van der Waals surface area contributed by atoms with E-state index in [1.165, 1.54) is 6.42 Å². The van der Waals surface area contributed by atoms with E-state index < -0.39 is 5.54 Å². The van der Waals surface area contributed by atoms with E-state index in [-0.39, 0.29) is 24.2 Å². The molecule has 0 radical (unpaired) electrons. The first kappa shape index (κ1) is 18.2. The van der Waals surface area contributed by atoms with Crippen LogP contribution in [0.1, 0.15) is 63.1 Å². The number of halogens is 1. The van der Waals surface area contributed by atoms with E-state index in [1.807, 2.05) is 0 Å². The molecule has 3 N–H and O–H groups in total. The summed E-state index contributed by atoms with van der Waals surface area (Å²) in [6, 6.07) is 0. The monoisotopic (exact) mass is 342 g/mol. The van der Waals surface area contributed by atoms with Crippen LogP contribution in [-0.4, -0.2) is 22.6 Å². The van der Waals surface area contributed by atoms with Crippen LogP contribution in [0.2, 0.25) is 0 Å². The molecule has 0 unspecified atom stereocenters. The standard InChI is InChI=1S/C16H26N4O2.ClH/c1-11-18-15(20-22-11)16(8-3-2-4-9-16)19-14(21)13-7-5-6-12(13)10-17;/h12-13H,2-10,17H2,1H3,(H,19,21);1H/t12-,13-;/m1./s1. The van der Waals surface area contributed by atoms with Gasteiger partial charge in [0.15, 0.2) is 5.82 Å². The lowest BCUT2D eigenvalue weighted by molar-refractivity contribution is -0.128. The van der Waals surface area contributed by atoms with Crippen LogP contribution in [0.3, 0.4) is 0 Å². The minimum Gasteiger partial charge on any atom is -0.343 e. The molecule has 6 nitrogen and oxygen atoms in total. The van der Waals surface area contributed by atoms with Gasteiger partial charge in [0.1, 0.15) is 5.54 Å². The molecule has 2 aliphatic rings. The highest BCUT2D eigenvalue weighted by Crippen LogP contribution is 2.38. The second-order valence-corrected chi connectivity index (χ2v) is 6.80. The van der Waals surface area contributed by atoms with Crippen molar-refractivity contribution >= 4 is 18.3 Å². The van der Waals surface area contributed by atoms with Crippen molar-refractivity contribution < 1.29 is 9.32 Å². The van der Waals surface area contributed by atoms with Gasteiger partial charge in [-0.15, -0.1) is 12.4 Å². The lowest BCUT2D eigenvalue weighted by atomic mass is 9.80. The van der Waals surface area contributed by atoms with Crippen LogP contribution in [0.4, 0.5) is 0 Å². The molecule has 1 amide bonds. The van der Waals surface area contributed by atoms with Gasteiger partial charge in [-0.3, -0.25) is 4.79 Å². The quantitative estimate of drug-likeness (QED) is 0.876. The van der Waals surface area contributed by atoms with E-state index in [1.54, 1.807) is 6.92 Å². The number of amides is 1. The fourth-order valence-corrected chi connectivity index (χ4v) is 4.05. The highest BCUT2D eigenvalue weighted by Gasteiger charge is 2.42. The third-order valence-corrected chi connectivity index (χ3v) is 5.32. The van der Waals surface area contributed by atoms with E-state index in [0.29, 0.717) is 24.2 Å². The fourth-order valence-electron chi connectivity index (χ4n) is 4.05. The highest BCUT2D eigenvalue weighted by molar-refractivity contribution is 5.85. The predicted molar refractivity (Wildman–Crippen MR) is 89.1 cm³/mol. The Hall–Kier alpha value is -1.14. The van der Waals surface area contributed by atoms with Crippen LogP contribution in [0.5, 0.6) is 0 Å². The van der Waals surface area contributed by atoms with Crippen LogP contribution in [0.25, 0.3) is 0 Å². The molecule has 130 valence electrons. The summed E-state index contributed by atoms with van der Waals surface area (Å²) >= 11 is 0. The van der Waals surface area contributed by atoms with Crippen molar-refractivity contribution in [1.29, 1.82) is 0 Å². The summed E-state index contributed by atoms with van der Waals surface area (Å²) in [5, 5.41) is 7.39. The average Bonchev–Trinajstić information content (AvgIpc) is 3.16. The summed E-state index contributed by atoms with van der Waals surface area (Å²) < 4.78 is 5.16. The molecule has 2 atom stereocenters. The summed E-state index contributed by atoms with van der Waals surface area (Å²) in [4.78, 5) is 17.2. The molecule has 2 fully saturated rings. The van der Waals surface area contributed by atoms with Crippen LogP contribution in [0.15, 0.2) is 4.52 Å². The fraction of sp³-hybridized carbons (Fsp3) is 0.812. The van der Waals surface area contributed by atoms with Crippen molar-refractivity contribution in [1.82, 2.24) is 15.5 Å². The van der Waals surface area contributed by atoms with E-state index in [9.17, 15) is 4.79 Å². The van der Waals surface area contributed by atoms with Gasteiger partial charge in [-0.1, -0.05) is 30.8 Å². The Morgan fingerprint density at radius 2 is 2.04 bits per heavy atom. The van der Waals surface area contributed by atoms with Gasteiger partial charge < -0.3 is 15.6 Å². The van der Waals surface area contributed by atoms with Crippen LogP contribution in [-0.2, 0) is 10.3 Å². The summed E-state index contributed by atoms with van der Waals surface area (Å²) in [5.74, 6) is 1.66. The van der Waals surface area contributed by atoms with Crippen LogP contribution < -0.4 is 11.1 Å². The Labute approximate surface area is 143 Å². The number of carbonyl (C=O) groups excluding carboxylic acids is 1. The van der Waals surface area contributed by atoms with Gasteiger partial charge in [0.2, 0.25) is 11.8 Å². The maximum Gasteiger partial charge on any atom is 0.224 e. The molecule has 0 saturated heterocycles. The minimum atomic E-state index is -0.450. The number of nitrogens with zero attached hydrogens (tertiary/aromatic N) is 2. The number of rotatable bonds is 4. The Morgan fingerprint density at radius 1 is 1.30 bits per heavy atom. The summed E-state index contributed by atoms with van der Waals surface area (Å²) in [7, 11) is 0. The molecule has 0 spiro atoms. The van der Waals surface area contributed by atoms with Gasteiger partial charge in [0.05, 0.1) is 0 Å². The molecule has 7 heteroatoms. The van der Waals surface area contributed by atoms with Crippen molar-refractivity contribution in [2.75, 3.05) is 6.54 Å². The van der Waals surface area contributed by atoms with Crippen LogP contribution in [0, 0.1) is 18.8 Å². The zero-order valence-corrected chi connectivity index (χ0v) is 14.5. The van der Waals surface area contributed by atoms with Crippen molar-refractivity contribution in [3.63, 3.8) is 0 Å². The summed E-state index contributed by atoms with van der Waals surface area (Å²) in [6.45, 7) is 2.38. The Morgan fingerprint density at radius 3 is 2.65 bits per heavy atom. The average molecular weight is 343 g/mol. The van der Waals surface area contributed by atoms with E-state index in [4.69, 9.17) is 10.3 Å². The van der Waals surface area contributed by atoms with Gasteiger partial charge in [0, 0.05) is 12.8 Å². The number of nitrogens with two attached hydrogens (primary N) is 1. The Balaban J connectivity index is 0.00000192. The molecule has 1 aromatic heterocycles. The van der Waals surface area contributed by atoms with E-state index >= 15 is 0 Å². The van der Waals surface area contributed by atoms with Gasteiger partial charge >= 0.3 is 0 Å². The number of aryl methyl sites for hydroxylation is 1. The molecule has 3 rings (SSSR count). The van der Waals surface area contributed by atoms with Crippen molar-refractivity contribution in [2.45, 2.75) is 63.8 Å². The maximum atomic E-state index is 12.8. The van der Waals surface area contributed by atoms with Gasteiger partial charge in [-0.25, -0.2) is 0 Å². The smallest absolute Gasteiger partial charge is 0.224 e. The summed E-state index contributed by atoms with van der Waals surface area (Å²) in [6.07, 6.45) is 8.22. The minimum absolute atomic E-state index is 0. The molecular weight excluding hydrogens is 316 g/mol. The predicted octanol–water partition coefficient (Wildman–Crippen LogP) is 2.45. The topological polar surface area (TPSA) is 94.0 Å². The second-order valence-electron chi connectivity index (χ2n) is 6.80. The first-order valence-corrected chi connectivity index (χ1v) is 8.47. The third kappa shape index (κ3) is 3.69. The van der Waals surface area contributed by atoms with Crippen molar-refractivity contribution in [2.24, 2.45) is 17.6 Å². The zero-order chi connectivity index (χ0) is 15.6. The van der Waals surface area contributed by atoms with E-state index in [2.05, 4.69) is 15.5 Å². The van der Waals surface area contributed by atoms with Crippen LogP contribution >= 0.6 is 12.4 Å². The highest BCUT2D eigenvalue weighted by atomic mass is 35.5. The lowest BCUT2D eigenvalue weighted by Crippen LogP contribution is -2.50. The number of hydrogen-bond acceptors (Lipinski definition) is 5. The maximum absolute atomic E-state index is 12.8. The lowest BCUT2D eigenvalue weighted by Gasteiger charge is -2.36. The van der Waals surface area contributed by atoms with E-state index in [0.717, 1.165) is 44.9 Å². The van der Waals surface area contributed by atoms with Crippen molar-refractivity contribution in [3.05, 3.63) is 11.7 Å². The number of hydrogen-bond donors (Lipinski definition) is 2.